The van der Waals surface area contributed by atoms with Crippen LogP contribution < -0.4 is 11.1 Å². The zero-order chi connectivity index (χ0) is 9.97. The van der Waals surface area contributed by atoms with Crippen molar-refractivity contribution < 1.29 is 0 Å². The molecule has 1 heterocycles. The summed E-state index contributed by atoms with van der Waals surface area (Å²) in [6.45, 7) is 1.15. The van der Waals surface area contributed by atoms with Gasteiger partial charge in [-0.2, -0.15) is 0 Å². The third-order valence-corrected chi connectivity index (χ3v) is 3.05. The van der Waals surface area contributed by atoms with Crippen LogP contribution >= 0.6 is 11.6 Å². The van der Waals surface area contributed by atoms with E-state index in [0.29, 0.717) is 16.8 Å². The van der Waals surface area contributed by atoms with Crippen molar-refractivity contribution in [1.82, 2.24) is 5.32 Å². The standard InChI is InChI=1S/C11H15ClN2/c12-10-4-3-8(7-11(10)13)6-9-2-1-5-14-9/h3-4,7,9,14H,1-2,5-6,13H2. The molecule has 1 saturated heterocycles. The van der Waals surface area contributed by atoms with Crippen LogP contribution in [0.25, 0.3) is 0 Å². The maximum Gasteiger partial charge on any atom is 0.0635 e. The van der Waals surface area contributed by atoms with Gasteiger partial charge < -0.3 is 11.1 Å². The van der Waals surface area contributed by atoms with Gasteiger partial charge in [-0.05, 0) is 43.5 Å². The molecule has 0 spiro atoms. The minimum Gasteiger partial charge on any atom is -0.398 e. The molecule has 2 rings (SSSR count). The Hall–Kier alpha value is -0.730. The SMILES string of the molecule is Nc1cc(CC2CCCN2)ccc1Cl. The molecular formula is C11H15ClN2. The van der Waals surface area contributed by atoms with Crippen molar-refractivity contribution in [1.29, 1.82) is 0 Å². The van der Waals surface area contributed by atoms with Gasteiger partial charge in [0.15, 0.2) is 0 Å². The van der Waals surface area contributed by atoms with Gasteiger partial charge in [0.25, 0.3) is 0 Å². The molecule has 1 atom stereocenters. The van der Waals surface area contributed by atoms with Crippen molar-refractivity contribution >= 4 is 17.3 Å². The minimum atomic E-state index is 0.621. The molecule has 1 aromatic carbocycles. The van der Waals surface area contributed by atoms with Gasteiger partial charge in [-0.25, -0.2) is 0 Å². The van der Waals surface area contributed by atoms with E-state index in [1.165, 1.54) is 18.4 Å². The van der Waals surface area contributed by atoms with Gasteiger partial charge in [-0.1, -0.05) is 17.7 Å². The third-order valence-electron chi connectivity index (χ3n) is 2.70. The summed E-state index contributed by atoms with van der Waals surface area (Å²) in [6, 6.07) is 6.53. The van der Waals surface area contributed by atoms with E-state index < -0.39 is 0 Å². The summed E-state index contributed by atoms with van der Waals surface area (Å²) in [5.74, 6) is 0. The summed E-state index contributed by atoms with van der Waals surface area (Å²) in [6.07, 6.45) is 3.61. The average molecular weight is 211 g/mol. The zero-order valence-corrected chi connectivity index (χ0v) is 8.85. The lowest BCUT2D eigenvalue weighted by molar-refractivity contribution is 0.603. The van der Waals surface area contributed by atoms with Crippen LogP contribution in [-0.4, -0.2) is 12.6 Å². The second-order valence-electron chi connectivity index (χ2n) is 3.85. The van der Waals surface area contributed by atoms with Crippen molar-refractivity contribution in [2.75, 3.05) is 12.3 Å². The van der Waals surface area contributed by atoms with E-state index in [9.17, 15) is 0 Å². The van der Waals surface area contributed by atoms with E-state index in [-0.39, 0.29) is 0 Å². The largest absolute Gasteiger partial charge is 0.398 e. The van der Waals surface area contributed by atoms with Gasteiger partial charge in [0.1, 0.15) is 0 Å². The van der Waals surface area contributed by atoms with Crippen LogP contribution in [0.5, 0.6) is 0 Å². The molecule has 1 aliphatic heterocycles. The van der Waals surface area contributed by atoms with Gasteiger partial charge in [0.2, 0.25) is 0 Å². The third kappa shape index (κ3) is 2.20. The number of halogens is 1. The fourth-order valence-electron chi connectivity index (χ4n) is 1.94. The second kappa shape index (κ2) is 4.20. The van der Waals surface area contributed by atoms with Crippen molar-refractivity contribution in [2.24, 2.45) is 0 Å². The highest BCUT2D eigenvalue weighted by Crippen LogP contribution is 2.21. The molecule has 1 fully saturated rings. The molecule has 0 aromatic heterocycles. The number of nitrogen functional groups attached to an aromatic ring is 1. The number of nitrogens with one attached hydrogen (secondary N) is 1. The van der Waals surface area contributed by atoms with Crippen LogP contribution in [0.2, 0.25) is 5.02 Å². The Labute approximate surface area is 89.4 Å². The van der Waals surface area contributed by atoms with Crippen molar-refractivity contribution in [3.05, 3.63) is 28.8 Å². The van der Waals surface area contributed by atoms with Gasteiger partial charge in [-0.15, -0.1) is 0 Å². The van der Waals surface area contributed by atoms with E-state index >= 15 is 0 Å². The first-order chi connectivity index (χ1) is 6.75. The Morgan fingerprint density at radius 3 is 3.00 bits per heavy atom. The lowest BCUT2D eigenvalue weighted by Gasteiger charge is -2.10. The maximum absolute atomic E-state index is 5.86. The molecular weight excluding hydrogens is 196 g/mol. The number of nitrogens with two attached hydrogens (primary N) is 1. The Balaban J connectivity index is 2.05. The molecule has 0 bridgehead atoms. The van der Waals surface area contributed by atoms with Gasteiger partial charge in [-0.3, -0.25) is 0 Å². The molecule has 1 aromatic rings. The number of hydrogen-bond acceptors (Lipinski definition) is 2. The maximum atomic E-state index is 5.86. The number of benzene rings is 1. The molecule has 1 unspecified atom stereocenters. The molecule has 3 heteroatoms. The first-order valence-electron chi connectivity index (χ1n) is 5.03. The molecule has 0 aliphatic carbocycles. The summed E-state index contributed by atoms with van der Waals surface area (Å²) in [7, 11) is 0. The fourth-order valence-corrected chi connectivity index (χ4v) is 2.05. The lowest BCUT2D eigenvalue weighted by Crippen LogP contribution is -2.23. The summed E-state index contributed by atoms with van der Waals surface area (Å²) in [4.78, 5) is 0. The van der Waals surface area contributed by atoms with Gasteiger partial charge >= 0.3 is 0 Å². The highest BCUT2D eigenvalue weighted by atomic mass is 35.5. The Morgan fingerprint density at radius 2 is 2.36 bits per heavy atom. The summed E-state index contributed by atoms with van der Waals surface area (Å²) in [5, 5.41) is 4.11. The molecule has 0 radical (unpaired) electrons. The normalized spacial score (nSPS) is 21.4. The van der Waals surface area contributed by atoms with Crippen molar-refractivity contribution in [3.8, 4) is 0 Å². The lowest BCUT2D eigenvalue weighted by atomic mass is 10.0. The van der Waals surface area contributed by atoms with Gasteiger partial charge in [0.05, 0.1) is 10.7 Å². The van der Waals surface area contributed by atoms with E-state index in [2.05, 4.69) is 11.4 Å². The van der Waals surface area contributed by atoms with Crippen molar-refractivity contribution in [3.63, 3.8) is 0 Å². The van der Waals surface area contributed by atoms with E-state index in [4.69, 9.17) is 17.3 Å². The van der Waals surface area contributed by atoms with Crippen molar-refractivity contribution in [2.45, 2.75) is 25.3 Å². The highest BCUT2D eigenvalue weighted by Gasteiger charge is 2.14. The predicted octanol–water partition coefficient (Wildman–Crippen LogP) is 2.22. The number of rotatable bonds is 2. The highest BCUT2D eigenvalue weighted by molar-refractivity contribution is 6.33. The molecule has 1 aliphatic rings. The van der Waals surface area contributed by atoms with Crippen LogP contribution in [0.4, 0.5) is 5.69 Å². The molecule has 3 N–H and O–H groups in total. The summed E-state index contributed by atoms with van der Waals surface area (Å²) < 4.78 is 0. The quantitative estimate of drug-likeness (QED) is 0.735. The first-order valence-corrected chi connectivity index (χ1v) is 5.41. The Bertz CT molecular complexity index is 319. The van der Waals surface area contributed by atoms with Crippen LogP contribution in [0, 0.1) is 0 Å². The van der Waals surface area contributed by atoms with Crippen LogP contribution in [-0.2, 0) is 6.42 Å². The topological polar surface area (TPSA) is 38.0 Å². The molecule has 76 valence electrons. The average Bonchev–Trinajstić information content (AvgIpc) is 2.64. The monoisotopic (exact) mass is 210 g/mol. The van der Waals surface area contributed by atoms with E-state index in [1.807, 2.05) is 12.1 Å². The van der Waals surface area contributed by atoms with E-state index in [0.717, 1.165) is 13.0 Å². The number of anilines is 1. The molecule has 2 nitrogen and oxygen atoms in total. The predicted molar refractivity (Wildman–Crippen MR) is 60.6 cm³/mol. The first kappa shape index (κ1) is 9.81. The summed E-state index contributed by atoms with van der Waals surface area (Å²) >= 11 is 5.86. The Kier molecular flexibility index (Phi) is 2.94. The van der Waals surface area contributed by atoms with E-state index in [1.54, 1.807) is 0 Å². The zero-order valence-electron chi connectivity index (χ0n) is 8.09. The molecule has 0 saturated carbocycles. The number of hydrogen-bond donors (Lipinski definition) is 2. The van der Waals surface area contributed by atoms with Crippen LogP contribution in [0.15, 0.2) is 18.2 Å². The minimum absolute atomic E-state index is 0.621. The molecule has 14 heavy (non-hydrogen) atoms. The van der Waals surface area contributed by atoms with Crippen LogP contribution in [0.3, 0.4) is 0 Å². The molecule has 0 amide bonds. The smallest absolute Gasteiger partial charge is 0.0635 e. The van der Waals surface area contributed by atoms with Crippen LogP contribution in [0.1, 0.15) is 18.4 Å². The Morgan fingerprint density at radius 1 is 1.50 bits per heavy atom. The fraction of sp³-hybridized carbons (Fsp3) is 0.455. The summed E-state index contributed by atoms with van der Waals surface area (Å²) in [5.41, 5.74) is 7.69. The van der Waals surface area contributed by atoms with Gasteiger partial charge in [0, 0.05) is 6.04 Å². The second-order valence-corrected chi connectivity index (χ2v) is 4.26.